The Kier molecular flexibility index (Phi) is 6.55. The van der Waals surface area contributed by atoms with Crippen molar-refractivity contribution < 1.29 is 22.6 Å². The van der Waals surface area contributed by atoms with Gasteiger partial charge in [0.05, 0.1) is 13.7 Å². The molecule has 0 bridgehead atoms. The van der Waals surface area contributed by atoms with Gasteiger partial charge in [-0.1, -0.05) is 18.2 Å². The van der Waals surface area contributed by atoms with Crippen molar-refractivity contribution in [1.82, 2.24) is 5.32 Å². The first-order chi connectivity index (χ1) is 9.85. The highest BCUT2D eigenvalue weighted by molar-refractivity contribution is 5.55. The van der Waals surface area contributed by atoms with Crippen molar-refractivity contribution in [2.75, 3.05) is 20.2 Å². The van der Waals surface area contributed by atoms with Crippen LogP contribution in [0.5, 0.6) is 11.5 Å². The second-order valence-corrected chi connectivity index (χ2v) is 4.58. The van der Waals surface area contributed by atoms with E-state index in [1.807, 2.05) is 31.2 Å². The molecule has 0 amide bonds. The predicted molar refractivity (Wildman–Crippen MR) is 76.7 cm³/mol. The average Bonchev–Trinajstić information content (AvgIpc) is 2.39. The third-order valence-electron chi connectivity index (χ3n) is 2.63. The summed E-state index contributed by atoms with van der Waals surface area (Å²) in [5.41, 5.74) is 0.963. The standard InChI is InChI=1S/C15H20F3NO2/c1-4-5-12-6-7-13(14(8-12)20-3)21-11(2)9-19-10-15(16,17)18/h4-8,11,19H,9-10H2,1-3H3. The summed E-state index contributed by atoms with van der Waals surface area (Å²) >= 11 is 0. The Balaban J connectivity index is 2.61. The fourth-order valence-electron chi connectivity index (χ4n) is 1.75. The molecule has 6 heteroatoms. The molecule has 118 valence electrons. The molecule has 3 nitrogen and oxygen atoms in total. The highest BCUT2D eigenvalue weighted by Gasteiger charge is 2.26. The van der Waals surface area contributed by atoms with E-state index in [9.17, 15) is 13.2 Å². The Morgan fingerprint density at radius 2 is 2.00 bits per heavy atom. The predicted octanol–water partition coefficient (Wildman–Crippen LogP) is 3.65. The number of benzene rings is 1. The topological polar surface area (TPSA) is 30.5 Å². The van der Waals surface area contributed by atoms with E-state index < -0.39 is 18.8 Å². The number of rotatable bonds is 7. The van der Waals surface area contributed by atoms with Crippen molar-refractivity contribution >= 4 is 6.08 Å². The van der Waals surface area contributed by atoms with Gasteiger partial charge in [-0.3, -0.25) is 0 Å². The number of halogens is 3. The zero-order valence-electron chi connectivity index (χ0n) is 12.3. The SMILES string of the molecule is CC=Cc1ccc(OC(C)CNCC(F)(F)F)c(OC)c1. The van der Waals surface area contributed by atoms with Crippen LogP contribution in [0.2, 0.25) is 0 Å². The molecular weight excluding hydrogens is 283 g/mol. The third-order valence-corrected chi connectivity index (χ3v) is 2.63. The van der Waals surface area contributed by atoms with Gasteiger partial charge in [0, 0.05) is 6.54 Å². The van der Waals surface area contributed by atoms with Gasteiger partial charge in [-0.2, -0.15) is 13.2 Å². The molecule has 1 atom stereocenters. The molecule has 0 saturated heterocycles. The number of hydrogen-bond donors (Lipinski definition) is 1. The fraction of sp³-hybridized carbons (Fsp3) is 0.467. The summed E-state index contributed by atoms with van der Waals surface area (Å²) in [7, 11) is 1.52. The van der Waals surface area contributed by atoms with Crippen molar-refractivity contribution in [2.45, 2.75) is 26.1 Å². The van der Waals surface area contributed by atoms with Crippen LogP contribution in [0.25, 0.3) is 6.08 Å². The van der Waals surface area contributed by atoms with Crippen molar-refractivity contribution in [3.05, 3.63) is 29.8 Å². The summed E-state index contributed by atoms with van der Waals surface area (Å²) in [6.07, 6.45) is -0.806. The number of methoxy groups -OCH3 is 1. The lowest BCUT2D eigenvalue weighted by Crippen LogP contribution is -2.35. The molecular formula is C15H20F3NO2. The van der Waals surface area contributed by atoms with Crippen molar-refractivity contribution in [3.8, 4) is 11.5 Å². The van der Waals surface area contributed by atoms with Crippen LogP contribution in [0.1, 0.15) is 19.4 Å². The first-order valence-electron chi connectivity index (χ1n) is 6.60. The molecule has 1 rings (SSSR count). The lowest BCUT2D eigenvalue weighted by molar-refractivity contribution is -0.125. The largest absolute Gasteiger partial charge is 0.493 e. The summed E-state index contributed by atoms with van der Waals surface area (Å²) in [5, 5.41) is 2.31. The number of nitrogens with one attached hydrogen (secondary N) is 1. The summed E-state index contributed by atoms with van der Waals surface area (Å²) in [6.45, 7) is 2.67. The molecule has 0 heterocycles. The van der Waals surface area contributed by atoms with Gasteiger partial charge >= 0.3 is 6.18 Å². The van der Waals surface area contributed by atoms with Gasteiger partial charge in [0.2, 0.25) is 0 Å². The van der Waals surface area contributed by atoms with Crippen LogP contribution in [0.15, 0.2) is 24.3 Å². The lowest BCUT2D eigenvalue weighted by atomic mass is 10.2. The molecule has 0 radical (unpaired) electrons. The maximum absolute atomic E-state index is 12.0. The Hall–Kier alpha value is -1.69. The molecule has 1 N–H and O–H groups in total. The van der Waals surface area contributed by atoms with E-state index in [0.717, 1.165) is 5.56 Å². The zero-order chi connectivity index (χ0) is 15.9. The molecule has 1 aromatic carbocycles. The van der Waals surface area contributed by atoms with E-state index in [1.165, 1.54) is 7.11 Å². The van der Waals surface area contributed by atoms with E-state index in [-0.39, 0.29) is 6.54 Å². The van der Waals surface area contributed by atoms with E-state index >= 15 is 0 Å². The van der Waals surface area contributed by atoms with Crippen molar-refractivity contribution in [1.29, 1.82) is 0 Å². The molecule has 0 fully saturated rings. The average molecular weight is 303 g/mol. The maximum atomic E-state index is 12.0. The Morgan fingerprint density at radius 3 is 2.57 bits per heavy atom. The molecule has 21 heavy (non-hydrogen) atoms. The van der Waals surface area contributed by atoms with Crippen molar-refractivity contribution in [2.24, 2.45) is 0 Å². The Labute approximate surface area is 122 Å². The van der Waals surface area contributed by atoms with Gasteiger partial charge in [0.15, 0.2) is 11.5 Å². The van der Waals surface area contributed by atoms with E-state index in [4.69, 9.17) is 9.47 Å². The monoisotopic (exact) mass is 303 g/mol. The molecule has 0 aliphatic carbocycles. The highest BCUT2D eigenvalue weighted by atomic mass is 19.4. The molecule has 0 spiro atoms. The molecule has 0 saturated carbocycles. The van der Waals surface area contributed by atoms with Gasteiger partial charge in [-0.15, -0.1) is 0 Å². The summed E-state index contributed by atoms with van der Waals surface area (Å²) in [6, 6.07) is 5.41. The maximum Gasteiger partial charge on any atom is 0.401 e. The number of ether oxygens (including phenoxy) is 2. The van der Waals surface area contributed by atoms with Crippen LogP contribution in [-0.2, 0) is 0 Å². The smallest absolute Gasteiger partial charge is 0.401 e. The molecule has 1 unspecified atom stereocenters. The second-order valence-electron chi connectivity index (χ2n) is 4.58. The van der Waals surface area contributed by atoms with Crippen LogP contribution in [0.4, 0.5) is 13.2 Å². The van der Waals surface area contributed by atoms with Gasteiger partial charge in [-0.05, 0) is 31.5 Å². The summed E-state index contributed by atoms with van der Waals surface area (Å²) in [5.74, 6) is 1.06. The third kappa shape index (κ3) is 6.53. The van der Waals surface area contributed by atoms with Crippen LogP contribution in [0, 0.1) is 0 Å². The van der Waals surface area contributed by atoms with Crippen LogP contribution >= 0.6 is 0 Å². The van der Waals surface area contributed by atoms with Gasteiger partial charge < -0.3 is 14.8 Å². The minimum absolute atomic E-state index is 0.0965. The van der Waals surface area contributed by atoms with Crippen LogP contribution < -0.4 is 14.8 Å². The van der Waals surface area contributed by atoms with Crippen molar-refractivity contribution in [3.63, 3.8) is 0 Å². The molecule has 0 aliphatic rings. The van der Waals surface area contributed by atoms with Gasteiger partial charge in [0.25, 0.3) is 0 Å². The zero-order valence-corrected chi connectivity index (χ0v) is 12.3. The highest BCUT2D eigenvalue weighted by Crippen LogP contribution is 2.29. The normalized spacial score (nSPS) is 13.4. The molecule has 0 aromatic heterocycles. The summed E-state index contributed by atoms with van der Waals surface area (Å²) in [4.78, 5) is 0. The Morgan fingerprint density at radius 1 is 1.29 bits per heavy atom. The second kappa shape index (κ2) is 7.93. The number of alkyl halides is 3. The first-order valence-corrected chi connectivity index (χ1v) is 6.60. The molecule has 0 aliphatic heterocycles. The minimum Gasteiger partial charge on any atom is -0.493 e. The first kappa shape index (κ1) is 17.4. The van der Waals surface area contributed by atoms with E-state index in [0.29, 0.717) is 11.5 Å². The quantitative estimate of drug-likeness (QED) is 0.834. The number of hydrogen-bond acceptors (Lipinski definition) is 3. The minimum atomic E-state index is -4.22. The lowest BCUT2D eigenvalue weighted by Gasteiger charge is -2.18. The fourth-order valence-corrected chi connectivity index (χ4v) is 1.75. The van der Waals surface area contributed by atoms with E-state index in [2.05, 4.69) is 5.32 Å². The van der Waals surface area contributed by atoms with Gasteiger partial charge in [0.1, 0.15) is 6.10 Å². The summed E-state index contributed by atoms with van der Waals surface area (Å²) < 4.78 is 47.0. The molecule has 1 aromatic rings. The van der Waals surface area contributed by atoms with E-state index in [1.54, 1.807) is 13.0 Å². The Bertz CT molecular complexity index is 472. The van der Waals surface area contributed by atoms with Crippen LogP contribution in [0.3, 0.4) is 0 Å². The number of allylic oxidation sites excluding steroid dienone is 1. The van der Waals surface area contributed by atoms with Gasteiger partial charge in [-0.25, -0.2) is 0 Å². The van der Waals surface area contributed by atoms with Crippen LogP contribution in [-0.4, -0.2) is 32.5 Å².